The van der Waals surface area contributed by atoms with Crippen molar-refractivity contribution >= 4 is 46.8 Å². The van der Waals surface area contributed by atoms with Gasteiger partial charge in [-0.05, 0) is 120 Å². The molecule has 1 aromatic heterocycles. The zero-order chi connectivity index (χ0) is 51.3. The lowest BCUT2D eigenvalue weighted by atomic mass is 10.1. The maximum Gasteiger partial charge on any atom is 0.311 e. The van der Waals surface area contributed by atoms with Crippen LogP contribution >= 0.6 is 0 Å². The minimum Gasteiger partial charge on any atom is -0.466 e. The van der Waals surface area contributed by atoms with E-state index in [0.29, 0.717) is 109 Å². The van der Waals surface area contributed by atoms with Crippen LogP contribution in [0.25, 0.3) is 22.1 Å². The minimum absolute atomic E-state index is 0.0105. The molecular weight excluding hydrogens is 921 g/mol. The normalized spacial score (nSPS) is 11.0. The lowest BCUT2D eigenvalue weighted by Gasteiger charge is -2.12. The highest BCUT2D eigenvalue weighted by Gasteiger charge is 2.20. The van der Waals surface area contributed by atoms with E-state index in [1.165, 1.54) is 18.4 Å². The number of carbonyl (C=O) groups is 6. The molecule has 17 nitrogen and oxygen atoms in total. The molecule has 0 atom stereocenters. The second kappa shape index (κ2) is 37.2. The Labute approximate surface area is 417 Å². The number of fused-ring (bicyclic) bond motifs is 1. The van der Waals surface area contributed by atoms with Gasteiger partial charge in [0.25, 0.3) is 0 Å². The fourth-order valence-electron chi connectivity index (χ4n) is 7.22. The predicted molar refractivity (Wildman–Crippen MR) is 264 cm³/mol. The van der Waals surface area contributed by atoms with E-state index in [-0.39, 0.29) is 84.2 Å². The average Bonchev–Trinajstić information content (AvgIpc) is 3.35. The third-order valence-electron chi connectivity index (χ3n) is 11.2. The molecule has 2 aromatic carbocycles. The molecule has 0 fully saturated rings. The van der Waals surface area contributed by atoms with E-state index in [1.54, 1.807) is 45.6 Å². The van der Waals surface area contributed by atoms with Crippen molar-refractivity contribution in [1.29, 1.82) is 0 Å². The summed E-state index contributed by atoms with van der Waals surface area (Å²) in [5.74, 6) is -2.33. The number of ether oxygens (including phenoxy) is 9. The second-order valence-electron chi connectivity index (χ2n) is 17.2. The first-order valence-electron chi connectivity index (χ1n) is 25.3. The maximum absolute atomic E-state index is 14.0. The number of carbonyl (C=O) groups excluding carboxylic acids is 6. The van der Waals surface area contributed by atoms with Gasteiger partial charge in [-0.25, -0.2) is 0 Å². The van der Waals surface area contributed by atoms with Crippen LogP contribution in [-0.4, -0.2) is 96.8 Å². The monoisotopic (exact) mass is 997 g/mol. The van der Waals surface area contributed by atoms with Gasteiger partial charge >= 0.3 is 35.8 Å². The van der Waals surface area contributed by atoms with Crippen LogP contribution in [0.4, 0.5) is 0 Å². The third-order valence-corrected chi connectivity index (χ3v) is 11.2. The Kier molecular flexibility index (Phi) is 31.2. The maximum atomic E-state index is 14.0. The molecule has 0 saturated carbocycles. The quantitative estimate of drug-likeness (QED) is 0.0224. The zero-order valence-corrected chi connectivity index (χ0v) is 42.2. The molecule has 0 saturated heterocycles. The molecule has 0 unspecified atom stereocenters. The molecule has 71 heavy (non-hydrogen) atoms. The van der Waals surface area contributed by atoms with Gasteiger partial charge in [0, 0.05) is 85.7 Å². The molecule has 0 radical (unpaired) electrons. The van der Waals surface area contributed by atoms with Gasteiger partial charge < -0.3 is 47.0 Å². The molecule has 3 aromatic rings. The van der Waals surface area contributed by atoms with Crippen LogP contribution in [0.15, 0.2) is 51.9 Å². The molecule has 394 valence electrons. The number of esters is 6. The van der Waals surface area contributed by atoms with Crippen LogP contribution in [0.2, 0.25) is 0 Å². The summed E-state index contributed by atoms with van der Waals surface area (Å²) in [6.45, 7) is 2.78. The highest BCUT2D eigenvalue weighted by atomic mass is 16.6. The molecule has 0 amide bonds. The number of rotatable bonds is 40. The molecule has 0 aliphatic rings. The van der Waals surface area contributed by atoms with Crippen molar-refractivity contribution in [2.45, 2.75) is 154 Å². The molecule has 0 aliphatic carbocycles. The highest BCUT2D eigenvalue weighted by Crippen LogP contribution is 2.34. The first kappa shape index (κ1) is 59.7. The molecule has 0 N–H and O–H groups in total. The van der Waals surface area contributed by atoms with E-state index in [2.05, 4.69) is 0 Å². The minimum atomic E-state index is -0.619. The fraction of sp³-hybridized carbons (Fsp3) is 0.611. The summed E-state index contributed by atoms with van der Waals surface area (Å²) in [7, 11) is 4.93. The van der Waals surface area contributed by atoms with Gasteiger partial charge in [-0.3, -0.25) is 33.6 Å². The summed E-state index contributed by atoms with van der Waals surface area (Å²) in [6, 6.07) is 9.02. The summed E-state index contributed by atoms with van der Waals surface area (Å²) in [6.07, 6.45) is 15.2. The largest absolute Gasteiger partial charge is 0.466 e. The lowest BCUT2D eigenvalue weighted by molar-refractivity contribution is -0.144. The summed E-state index contributed by atoms with van der Waals surface area (Å²) >= 11 is 0. The Morgan fingerprint density at radius 2 is 0.761 bits per heavy atom. The predicted octanol–water partition coefficient (Wildman–Crippen LogP) is 10.1. The number of benzene rings is 2. The van der Waals surface area contributed by atoms with E-state index in [4.69, 9.17) is 47.0 Å². The number of hydrogen-bond acceptors (Lipinski definition) is 17. The van der Waals surface area contributed by atoms with E-state index in [0.717, 1.165) is 57.8 Å². The Balaban J connectivity index is 1.58. The molecule has 0 aliphatic heterocycles. The third kappa shape index (κ3) is 26.4. The van der Waals surface area contributed by atoms with Crippen molar-refractivity contribution in [2.24, 2.45) is 0 Å². The van der Waals surface area contributed by atoms with Crippen LogP contribution in [0.5, 0.6) is 17.2 Å². The van der Waals surface area contributed by atoms with Crippen molar-refractivity contribution in [1.82, 2.24) is 0 Å². The molecular formula is C54H76O17. The Morgan fingerprint density at radius 3 is 1.15 bits per heavy atom. The van der Waals surface area contributed by atoms with Crippen LogP contribution in [0, 0.1) is 0 Å². The van der Waals surface area contributed by atoms with Crippen LogP contribution < -0.4 is 19.6 Å². The van der Waals surface area contributed by atoms with Crippen LogP contribution in [0.1, 0.15) is 154 Å². The zero-order valence-electron chi connectivity index (χ0n) is 42.2. The molecule has 0 spiro atoms. The number of hydrogen-bond donors (Lipinski definition) is 0. The summed E-state index contributed by atoms with van der Waals surface area (Å²) < 4.78 is 53.7. The van der Waals surface area contributed by atoms with E-state index < -0.39 is 23.3 Å². The molecule has 17 heteroatoms. The van der Waals surface area contributed by atoms with Gasteiger partial charge in [0.2, 0.25) is 5.43 Å². The summed E-state index contributed by atoms with van der Waals surface area (Å²) in [4.78, 5) is 88.6. The molecule has 1 heterocycles. The summed E-state index contributed by atoms with van der Waals surface area (Å²) in [5.41, 5.74) is 0.294. The van der Waals surface area contributed by atoms with Crippen molar-refractivity contribution in [3.05, 3.63) is 52.9 Å². The van der Waals surface area contributed by atoms with E-state index in [9.17, 15) is 33.6 Å². The Morgan fingerprint density at radius 1 is 0.408 bits per heavy atom. The van der Waals surface area contributed by atoms with Crippen LogP contribution in [0.3, 0.4) is 0 Å². The standard InChI is InChI=1S/C54H76O17/c1-62-32-16-4-10-22-48(55)65-35-19-7-13-25-51(58)69-42-30-28-41(29-31-42)44-40-68-45-39-47(71-53(60)27-15-9-21-37-67-50(57)24-12-6-18-34-64-3)46(38-43(45)54(44)61)70-52(59)26-14-8-20-36-66-49(56)23-11-5-17-33-63-2/h28-31,38-40H,4-27,32-37H2,1-3H3. The van der Waals surface area contributed by atoms with Crippen molar-refractivity contribution < 1.29 is 75.8 Å². The number of methoxy groups -OCH3 is 3. The Bertz CT molecular complexity index is 2090. The SMILES string of the molecule is COCCCCCC(=O)OCCCCCC(=O)Oc1ccc(-c2coc3cc(OC(=O)CCCCCOC(=O)CCCCCOC)c(OC(=O)CCCCCOC(=O)CCCCCOC)cc3c2=O)cc1. The van der Waals surface area contributed by atoms with E-state index >= 15 is 0 Å². The first-order valence-corrected chi connectivity index (χ1v) is 25.3. The van der Waals surface area contributed by atoms with Gasteiger partial charge in [-0.1, -0.05) is 31.4 Å². The molecule has 0 bridgehead atoms. The van der Waals surface area contributed by atoms with Crippen molar-refractivity contribution in [3.63, 3.8) is 0 Å². The topological polar surface area (TPSA) is 216 Å². The van der Waals surface area contributed by atoms with Gasteiger partial charge in [-0.15, -0.1) is 0 Å². The van der Waals surface area contributed by atoms with Crippen molar-refractivity contribution in [3.8, 4) is 28.4 Å². The van der Waals surface area contributed by atoms with Gasteiger partial charge in [-0.2, -0.15) is 0 Å². The van der Waals surface area contributed by atoms with Crippen molar-refractivity contribution in [2.75, 3.05) is 61.0 Å². The van der Waals surface area contributed by atoms with E-state index in [1.807, 2.05) is 0 Å². The Hall–Kier alpha value is -5.65. The first-order chi connectivity index (χ1) is 34.5. The van der Waals surface area contributed by atoms with Gasteiger partial charge in [0.15, 0.2) is 11.5 Å². The number of unbranched alkanes of at least 4 members (excludes halogenated alkanes) is 12. The lowest BCUT2D eigenvalue weighted by Crippen LogP contribution is -2.13. The molecule has 3 rings (SSSR count). The summed E-state index contributed by atoms with van der Waals surface area (Å²) in [5, 5.41) is 0.0679. The smallest absolute Gasteiger partial charge is 0.311 e. The van der Waals surface area contributed by atoms with Crippen LogP contribution in [-0.2, 0) is 57.2 Å². The average molecular weight is 997 g/mol. The second-order valence-corrected chi connectivity index (χ2v) is 17.2. The fourth-order valence-corrected chi connectivity index (χ4v) is 7.22. The highest BCUT2D eigenvalue weighted by molar-refractivity contribution is 5.87. The van der Waals surface area contributed by atoms with Gasteiger partial charge in [0.05, 0.1) is 30.8 Å². The van der Waals surface area contributed by atoms with Gasteiger partial charge in [0.1, 0.15) is 17.6 Å².